The van der Waals surface area contributed by atoms with Crippen LogP contribution in [0, 0.1) is 17.3 Å². The van der Waals surface area contributed by atoms with E-state index in [-0.39, 0.29) is 5.91 Å². The molecule has 2 N–H and O–H groups in total. The molecule has 2 aromatic rings. The van der Waals surface area contributed by atoms with Gasteiger partial charge in [-0.25, -0.2) is 4.98 Å². The summed E-state index contributed by atoms with van der Waals surface area (Å²) < 4.78 is 5.40. The molecule has 1 amide bonds. The minimum Gasteiger partial charge on any atom is -0.497 e. The molecule has 30 heavy (non-hydrogen) atoms. The van der Waals surface area contributed by atoms with Gasteiger partial charge in [-0.1, -0.05) is 18.6 Å². The number of anilines is 2. The van der Waals surface area contributed by atoms with E-state index >= 15 is 0 Å². The summed E-state index contributed by atoms with van der Waals surface area (Å²) in [5.41, 5.74) is 6.50. The smallest absolute Gasteiger partial charge is 0.232 e. The SMILES string of the molecule is COc1cccc(CC2(C(=O)N3C[C@H]4CCC[C@H]4C3)CN(c3nccc(N)n3)C2)c1. The fourth-order valence-corrected chi connectivity index (χ4v) is 5.57. The van der Waals surface area contributed by atoms with Gasteiger partial charge in [-0.15, -0.1) is 0 Å². The zero-order chi connectivity index (χ0) is 20.7. The molecule has 2 aliphatic heterocycles. The lowest BCUT2D eigenvalue weighted by Crippen LogP contribution is -2.65. The Morgan fingerprint density at radius 3 is 2.70 bits per heavy atom. The molecule has 1 aromatic carbocycles. The highest BCUT2D eigenvalue weighted by Gasteiger charge is 2.53. The normalized spacial score (nSPS) is 24.4. The lowest BCUT2D eigenvalue weighted by Gasteiger charge is -2.50. The van der Waals surface area contributed by atoms with Crippen molar-refractivity contribution in [3.63, 3.8) is 0 Å². The van der Waals surface area contributed by atoms with Crippen LogP contribution >= 0.6 is 0 Å². The van der Waals surface area contributed by atoms with Crippen LogP contribution < -0.4 is 15.4 Å². The number of amides is 1. The summed E-state index contributed by atoms with van der Waals surface area (Å²) in [6.07, 6.45) is 6.20. The highest BCUT2D eigenvalue weighted by molar-refractivity contribution is 5.86. The quantitative estimate of drug-likeness (QED) is 0.819. The molecule has 3 heterocycles. The molecule has 158 valence electrons. The number of hydrogen-bond acceptors (Lipinski definition) is 6. The molecule has 1 aliphatic carbocycles. The van der Waals surface area contributed by atoms with Crippen molar-refractivity contribution < 1.29 is 9.53 Å². The van der Waals surface area contributed by atoms with E-state index in [1.165, 1.54) is 19.3 Å². The number of nitrogens with zero attached hydrogens (tertiary/aromatic N) is 4. The maximum atomic E-state index is 13.8. The number of carbonyl (C=O) groups excluding carboxylic acids is 1. The zero-order valence-corrected chi connectivity index (χ0v) is 17.5. The molecule has 2 atom stereocenters. The van der Waals surface area contributed by atoms with Crippen molar-refractivity contribution in [2.24, 2.45) is 17.3 Å². The van der Waals surface area contributed by atoms with Crippen molar-refractivity contribution in [3.05, 3.63) is 42.1 Å². The molecule has 0 spiro atoms. The van der Waals surface area contributed by atoms with Gasteiger partial charge < -0.3 is 20.3 Å². The standard InChI is InChI=1S/C23H29N5O2/c1-30-19-7-2-4-16(10-19)11-23(14-28(15-23)22-25-9-8-20(24)26-22)21(29)27-12-17-5-3-6-18(17)13-27/h2,4,7-10,17-18H,3,5-6,11-15H2,1H3,(H2,24,25,26)/t17-,18+. The maximum absolute atomic E-state index is 13.8. The van der Waals surface area contributed by atoms with Gasteiger partial charge >= 0.3 is 0 Å². The predicted octanol–water partition coefficient (Wildman–Crippen LogP) is 2.38. The molecule has 5 rings (SSSR count). The summed E-state index contributed by atoms with van der Waals surface area (Å²) in [5.74, 6) is 3.53. The minimum atomic E-state index is -0.459. The number of aromatic nitrogens is 2. The van der Waals surface area contributed by atoms with E-state index in [0.29, 0.717) is 43.1 Å². The first-order chi connectivity index (χ1) is 14.6. The number of hydrogen-bond donors (Lipinski definition) is 1. The minimum absolute atomic E-state index is 0.278. The fourth-order valence-electron chi connectivity index (χ4n) is 5.57. The van der Waals surface area contributed by atoms with Crippen LogP contribution in [0.2, 0.25) is 0 Å². The van der Waals surface area contributed by atoms with Crippen LogP contribution in [0.25, 0.3) is 0 Å². The molecule has 2 saturated heterocycles. The number of benzene rings is 1. The average molecular weight is 408 g/mol. The molecule has 1 aromatic heterocycles. The number of methoxy groups -OCH3 is 1. The lowest BCUT2D eigenvalue weighted by atomic mass is 9.73. The third-order valence-electron chi connectivity index (χ3n) is 7.08. The van der Waals surface area contributed by atoms with Crippen molar-refractivity contribution in [1.29, 1.82) is 0 Å². The van der Waals surface area contributed by atoms with Crippen LogP contribution in [0.5, 0.6) is 5.75 Å². The van der Waals surface area contributed by atoms with E-state index < -0.39 is 5.41 Å². The highest BCUT2D eigenvalue weighted by atomic mass is 16.5. The second kappa shape index (κ2) is 7.45. The first-order valence-electron chi connectivity index (χ1n) is 10.8. The molecule has 1 saturated carbocycles. The first-order valence-corrected chi connectivity index (χ1v) is 10.8. The summed E-state index contributed by atoms with van der Waals surface area (Å²) in [5, 5.41) is 0. The van der Waals surface area contributed by atoms with Crippen molar-refractivity contribution in [1.82, 2.24) is 14.9 Å². The van der Waals surface area contributed by atoms with Gasteiger partial charge in [0.25, 0.3) is 0 Å². The van der Waals surface area contributed by atoms with E-state index in [0.717, 1.165) is 24.4 Å². The van der Waals surface area contributed by atoms with Crippen molar-refractivity contribution in [3.8, 4) is 5.75 Å². The number of ether oxygens (including phenoxy) is 1. The fraction of sp³-hybridized carbons (Fsp3) is 0.522. The molecule has 3 fully saturated rings. The topological polar surface area (TPSA) is 84.6 Å². The number of carbonyl (C=O) groups is 1. The maximum Gasteiger partial charge on any atom is 0.232 e. The Bertz CT molecular complexity index is 931. The molecule has 0 unspecified atom stereocenters. The van der Waals surface area contributed by atoms with E-state index in [9.17, 15) is 4.79 Å². The largest absolute Gasteiger partial charge is 0.497 e. The number of nitrogen functional groups attached to an aromatic ring is 1. The van der Waals surface area contributed by atoms with Crippen LogP contribution in [0.3, 0.4) is 0 Å². The number of likely N-dealkylation sites (tertiary alicyclic amines) is 1. The first kappa shape index (κ1) is 19.2. The summed E-state index contributed by atoms with van der Waals surface area (Å²) in [6, 6.07) is 9.72. The van der Waals surface area contributed by atoms with Gasteiger partial charge in [0.2, 0.25) is 11.9 Å². The van der Waals surface area contributed by atoms with Gasteiger partial charge in [-0.2, -0.15) is 4.98 Å². The Hall–Kier alpha value is -2.83. The van der Waals surface area contributed by atoms with Crippen LogP contribution in [0.1, 0.15) is 24.8 Å². The third kappa shape index (κ3) is 3.36. The van der Waals surface area contributed by atoms with Crippen LogP contribution in [0.15, 0.2) is 36.5 Å². The molecule has 3 aliphatic rings. The molecule has 0 bridgehead atoms. The number of fused-ring (bicyclic) bond motifs is 1. The average Bonchev–Trinajstić information content (AvgIpc) is 3.32. The van der Waals surface area contributed by atoms with E-state index in [1.54, 1.807) is 19.4 Å². The predicted molar refractivity (Wildman–Crippen MR) is 115 cm³/mol. The molecule has 7 heteroatoms. The molecule has 0 radical (unpaired) electrons. The van der Waals surface area contributed by atoms with E-state index in [2.05, 4.69) is 25.8 Å². The Kier molecular flexibility index (Phi) is 4.76. The van der Waals surface area contributed by atoms with Crippen molar-refractivity contribution in [2.45, 2.75) is 25.7 Å². The zero-order valence-electron chi connectivity index (χ0n) is 17.5. The van der Waals surface area contributed by atoms with Crippen LogP contribution in [-0.2, 0) is 11.2 Å². The number of rotatable bonds is 5. The summed E-state index contributed by atoms with van der Waals surface area (Å²) in [4.78, 5) is 26.7. The Balaban J connectivity index is 1.39. The van der Waals surface area contributed by atoms with Gasteiger partial charge in [0.1, 0.15) is 11.6 Å². The van der Waals surface area contributed by atoms with Gasteiger partial charge in [-0.3, -0.25) is 4.79 Å². The van der Waals surface area contributed by atoms with Gasteiger partial charge in [-0.05, 0) is 54.9 Å². The Morgan fingerprint density at radius 1 is 1.23 bits per heavy atom. The second-order valence-electron chi connectivity index (χ2n) is 9.11. The number of nitrogens with two attached hydrogens (primary N) is 1. The van der Waals surface area contributed by atoms with Gasteiger partial charge in [0.15, 0.2) is 0 Å². The Morgan fingerprint density at radius 2 is 2.00 bits per heavy atom. The van der Waals surface area contributed by atoms with Crippen LogP contribution in [0.4, 0.5) is 11.8 Å². The lowest BCUT2D eigenvalue weighted by molar-refractivity contribution is -0.143. The summed E-state index contributed by atoms with van der Waals surface area (Å²) in [6.45, 7) is 3.05. The second-order valence-corrected chi connectivity index (χ2v) is 9.11. The third-order valence-corrected chi connectivity index (χ3v) is 7.08. The Labute approximate surface area is 177 Å². The van der Waals surface area contributed by atoms with Crippen LogP contribution in [-0.4, -0.2) is 54.1 Å². The highest BCUT2D eigenvalue weighted by Crippen LogP contribution is 2.43. The molecular formula is C23H29N5O2. The molecular weight excluding hydrogens is 378 g/mol. The van der Waals surface area contributed by atoms with E-state index in [1.807, 2.05) is 18.2 Å². The van der Waals surface area contributed by atoms with E-state index in [4.69, 9.17) is 10.5 Å². The molecule has 7 nitrogen and oxygen atoms in total. The van der Waals surface area contributed by atoms with Gasteiger partial charge in [0.05, 0.1) is 12.5 Å². The summed E-state index contributed by atoms with van der Waals surface area (Å²) in [7, 11) is 1.67. The summed E-state index contributed by atoms with van der Waals surface area (Å²) >= 11 is 0. The monoisotopic (exact) mass is 407 g/mol. The van der Waals surface area contributed by atoms with Gasteiger partial charge in [0, 0.05) is 32.4 Å². The van der Waals surface area contributed by atoms with Crippen molar-refractivity contribution >= 4 is 17.7 Å². The van der Waals surface area contributed by atoms with Crippen molar-refractivity contribution in [2.75, 3.05) is 43.9 Å².